The van der Waals surface area contributed by atoms with E-state index >= 15 is 0 Å². The fraction of sp³-hybridized carbons (Fsp3) is 0.818. The lowest BCUT2D eigenvalue weighted by Crippen LogP contribution is -2.47. The lowest BCUT2D eigenvalue weighted by Gasteiger charge is -2.32. The van der Waals surface area contributed by atoms with Crippen molar-refractivity contribution in [2.24, 2.45) is 5.92 Å². The molecule has 1 unspecified atom stereocenters. The Hall–Kier alpha value is -0.770. The Bertz CT molecular complexity index is 263. The number of hydrogen-bond donors (Lipinski definition) is 1. The van der Waals surface area contributed by atoms with Crippen molar-refractivity contribution in [2.45, 2.75) is 32.7 Å². The SMILES string of the molecule is CC(=O)N1CCC(NC(=O)C(C)CCl)CC1. The minimum absolute atomic E-state index is 0.0104. The van der Waals surface area contributed by atoms with Crippen LogP contribution in [-0.2, 0) is 9.59 Å². The molecule has 16 heavy (non-hydrogen) atoms. The molecule has 0 saturated carbocycles. The molecular weight excluding hydrogens is 228 g/mol. The van der Waals surface area contributed by atoms with Gasteiger partial charge in [0, 0.05) is 37.9 Å². The van der Waals surface area contributed by atoms with Crippen LogP contribution in [0.5, 0.6) is 0 Å². The van der Waals surface area contributed by atoms with Crippen molar-refractivity contribution < 1.29 is 9.59 Å². The molecule has 1 N–H and O–H groups in total. The Labute approximate surface area is 101 Å². The summed E-state index contributed by atoms with van der Waals surface area (Å²) >= 11 is 5.62. The average molecular weight is 247 g/mol. The lowest BCUT2D eigenvalue weighted by atomic mass is 10.0. The first kappa shape index (κ1) is 13.3. The largest absolute Gasteiger partial charge is 0.353 e. The molecule has 2 amide bonds. The van der Waals surface area contributed by atoms with Gasteiger partial charge in [0.15, 0.2) is 0 Å². The summed E-state index contributed by atoms with van der Waals surface area (Å²) in [5.41, 5.74) is 0. The Balaban J connectivity index is 2.32. The van der Waals surface area contributed by atoms with E-state index in [1.54, 1.807) is 6.92 Å². The molecule has 0 aromatic rings. The number of amides is 2. The molecule has 5 heteroatoms. The van der Waals surface area contributed by atoms with E-state index in [0.717, 1.165) is 25.9 Å². The minimum atomic E-state index is -0.146. The zero-order valence-corrected chi connectivity index (χ0v) is 10.6. The first-order valence-corrected chi connectivity index (χ1v) is 6.20. The Kier molecular flexibility index (Phi) is 5.06. The molecule has 1 saturated heterocycles. The van der Waals surface area contributed by atoms with Gasteiger partial charge in [-0.1, -0.05) is 6.92 Å². The first-order chi connectivity index (χ1) is 7.54. The number of carbonyl (C=O) groups is 2. The number of rotatable bonds is 3. The number of nitrogens with zero attached hydrogens (tertiary/aromatic N) is 1. The molecule has 0 aromatic heterocycles. The van der Waals surface area contributed by atoms with E-state index < -0.39 is 0 Å². The second kappa shape index (κ2) is 6.09. The summed E-state index contributed by atoms with van der Waals surface area (Å²) in [4.78, 5) is 24.5. The fourth-order valence-corrected chi connectivity index (χ4v) is 1.89. The van der Waals surface area contributed by atoms with Crippen molar-refractivity contribution in [2.75, 3.05) is 19.0 Å². The molecule has 1 atom stereocenters. The maximum Gasteiger partial charge on any atom is 0.224 e. The Morgan fingerprint density at radius 3 is 2.44 bits per heavy atom. The van der Waals surface area contributed by atoms with E-state index in [4.69, 9.17) is 11.6 Å². The van der Waals surface area contributed by atoms with Crippen molar-refractivity contribution in [3.8, 4) is 0 Å². The molecule has 1 aliphatic rings. The zero-order chi connectivity index (χ0) is 12.1. The van der Waals surface area contributed by atoms with Gasteiger partial charge < -0.3 is 10.2 Å². The summed E-state index contributed by atoms with van der Waals surface area (Å²) in [6.45, 7) is 4.85. The molecule has 4 nitrogen and oxygen atoms in total. The number of alkyl halides is 1. The van der Waals surface area contributed by atoms with E-state index in [9.17, 15) is 9.59 Å². The standard InChI is InChI=1S/C11H19ClN2O2/c1-8(7-12)11(16)13-10-3-5-14(6-4-10)9(2)15/h8,10H,3-7H2,1-2H3,(H,13,16). The lowest BCUT2D eigenvalue weighted by molar-refractivity contribution is -0.130. The molecule has 0 bridgehead atoms. The van der Waals surface area contributed by atoms with Crippen LogP contribution in [0.4, 0.5) is 0 Å². The van der Waals surface area contributed by atoms with Gasteiger partial charge in [0.1, 0.15) is 0 Å². The van der Waals surface area contributed by atoms with Crippen LogP contribution in [0.25, 0.3) is 0 Å². The van der Waals surface area contributed by atoms with Crippen LogP contribution < -0.4 is 5.32 Å². The molecule has 0 aliphatic carbocycles. The molecule has 1 heterocycles. The van der Waals surface area contributed by atoms with Crippen molar-refractivity contribution in [3.63, 3.8) is 0 Å². The highest BCUT2D eigenvalue weighted by Gasteiger charge is 2.23. The second-order valence-electron chi connectivity index (χ2n) is 4.34. The summed E-state index contributed by atoms with van der Waals surface area (Å²) in [6, 6.07) is 0.189. The van der Waals surface area contributed by atoms with Gasteiger partial charge in [0.25, 0.3) is 0 Å². The van der Waals surface area contributed by atoms with Crippen LogP contribution in [0.1, 0.15) is 26.7 Å². The predicted molar refractivity (Wildman–Crippen MR) is 63.3 cm³/mol. The highest BCUT2D eigenvalue weighted by atomic mass is 35.5. The summed E-state index contributed by atoms with van der Waals surface area (Å²) in [5, 5.41) is 2.97. The summed E-state index contributed by atoms with van der Waals surface area (Å²) < 4.78 is 0. The first-order valence-electron chi connectivity index (χ1n) is 5.66. The van der Waals surface area contributed by atoms with E-state index in [0.29, 0.717) is 5.88 Å². The second-order valence-corrected chi connectivity index (χ2v) is 4.65. The third kappa shape index (κ3) is 3.67. The van der Waals surface area contributed by atoms with Gasteiger partial charge in [-0.2, -0.15) is 0 Å². The smallest absolute Gasteiger partial charge is 0.224 e. The molecule has 1 rings (SSSR count). The third-order valence-corrected chi connectivity index (χ3v) is 3.43. The minimum Gasteiger partial charge on any atom is -0.353 e. The average Bonchev–Trinajstić information content (AvgIpc) is 2.28. The molecule has 1 aliphatic heterocycles. The number of piperidine rings is 1. The van der Waals surface area contributed by atoms with Gasteiger partial charge in [0.05, 0.1) is 0 Å². The van der Waals surface area contributed by atoms with Gasteiger partial charge in [-0.15, -0.1) is 11.6 Å². The summed E-state index contributed by atoms with van der Waals surface area (Å²) in [6.07, 6.45) is 1.67. The third-order valence-electron chi connectivity index (χ3n) is 2.97. The molecule has 0 spiro atoms. The molecule has 0 aromatic carbocycles. The van der Waals surface area contributed by atoms with Crippen molar-refractivity contribution in [1.82, 2.24) is 10.2 Å². The van der Waals surface area contributed by atoms with Crippen LogP contribution in [0.2, 0.25) is 0 Å². The Morgan fingerprint density at radius 1 is 1.44 bits per heavy atom. The number of carbonyl (C=O) groups excluding carboxylic acids is 2. The van der Waals surface area contributed by atoms with Crippen molar-refractivity contribution in [1.29, 1.82) is 0 Å². The number of likely N-dealkylation sites (tertiary alicyclic amines) is 1. The maximum atomic E-state index is 11.6. The van der Waals surface area contributed by atoms with Gasteiger partial charge in [-0.05, 0) is 12.8 Å². The van der Waals surface area contributed by atoms with E-state index in [1.165, 1.54) is 0 Å². The van der Waals surface area contributed by atoms with Gasteiger partial charge >= 0.3 is 0 Å². The van der Waals surface area contributed by atoms with Crippen molar-refractivity contribution >= 4 is 23.4 Å². The van der Waals surface area contributed by atoms with Gasteiger partial charge in [-0.3, -0.25) is 9.59 Å². The topological polar surface area (TPSA) is 49.4 Å². The van der Waals surface area contributed by atoms with E-state index in [1.807, 2.05) is 11.8 Å². The molecule has 0 radical (unpaired) electrons. The normalized spacial score (nSPS) is 19.3. The fourth-order valence-electron chi connectivity index (χ4n) is 1.75. The van der Waals surface area contributed by atoms with Crippen molar-refractivity contribution in [3.05, 3.63) is 0 Å². The summed E-state index contributed by atoms with van der Waals surface area (Å²) in [5.74, 6) is 0.320. The summed E-state index contributed by atoms with van der Waals surface area (Å²) in [7, 11) is 0. The molecular formula is C11H19ClN2O2. The Morgan fingerprint density at radius 2 is 2.00 bits per heavy atom. The van der Waals surface area contributed by atoms with Crippen LogP contribution in [0.3, 0.4) is 0 Å². The zero-order valence-electron chi connectivity index (χ0n) is 9.83. The van der Waals surface area contributed by atoms with Crippen LogP contribution in [-0.4, -0.2) is 41.7 Å². The predicted octanol–water partition coefficient (Wildman–Crippen LogP) is 0.988. The monoisotopic (exact) mass is 246 g/mol. The highest BCUT2D eigenvalue weighted by Crippen LogP contribution is 2.11. The number of nitrogens with one attached hydrogen (secondary N) is 1. The van der Waals surface area contributed by atoms with E-state index in [-0.39, 0.29) is 23.8 Å². The number of halogens is 1. The number of hydrogen-bond acceptors (Lipinski definition) is 2. The van der Waals surface area contributed by atoms with Gasteiger partial charge in [-0.25, -0.2) is 0 Å². The molecule has 1 fully saturated rings. The quantitative estimate of drug-likeness (QED) is 0.755. The van der Waals surface area contributed by atoms with Crippen LogP contribution in [0.15, 0.2) is 0 Å². The van der Waals surface area contributed by atoms with Crippen LogP contribution >= 0.6 is 11.6 Å². The highest BCUT2D eigenvalue weighted by molar-refractivity contribution is 6.19. The van der Waals surface area contributed by atoms with E-state index in [2.05, 4.69) is 5.32 Å². The van der Waals surface area contributed by atoms with Gasteiger partial charge in [0.2, 0.25) is 11.8 Å². The maximum absolute atomic E-state index is 11.6. The molecule has 92 valence electrons. The van der Waals surface area contributed by atoms with Crippen LogP contribution in [0, 0.1) is 5.92 Å².